The van der Waals surface area contributed by atoms with Crippen molar-refractivity contribution in [1.82, 2.24) is 0 Å². The van der Waals surface area contributed by atoms with Crippen molar-refractivity contribution in [2.45, 2.75) is 11.3 Å². The van der Waals surface area contributed by atoms with Gasteiger partial charge in [-0.15, -0.1) is 12.6 Å². The molecule has 102 valence electrons. The molecule has 20 heavy (non-hydrogen) atoms. The number of benzene rings is 2. The van der Waals surface area contributed by atoms with Crippen molar-refractivity contribution in [3.63, 3.8) is 0 Å². The number of nitrogens with one attached hydrogen (secondary N) is 1. The Morgan fingerprint density at radius 1 is 1.10 bits per heavy atom. The van der Waals surface area contributed by atoms with E-state index in [-0.39, 0.29) is 12.3 Å². The molecule has 0 aromatic heterocycles. The van der Waals surface area contributed by atoms with Gasteiger partial charge in [0.15, 0.2) is 0 Å². The van der Waals surface area contributed by atoms with E-state index in [2.05, 4.69) is 17.9 Å². The molecule has 2 aromatic rings. The molecule has 2 aromatic carbocycles. The Kier molecular flexibility index (Phi) is 4.42. The molecule has 0 saturated heterocycles. The molecule has 0 atom stereocenters. The zero-order valence-electron chi connectivity index (χ0n) is 10.7. The molecule has 5 heteroatoms. The van der Waals surface area contributed by atoms with Crippen LogP contribution in [0.1, 0.15) is 15.9 Å². The molecular weight excluding hydrogens is 272 g/mol. The van der Waals surface area contributed by atoms with Crippen LogP contribution in [0.15, 0.2) is 53.4 Å². The van der Waals surface area contributed by atoms with Gasteiger partial charge in [-0.3, -0.25) is 9.59 Å². The first-order chi connectivity index (χ1) is 9.54. The first-order valence-corrected chi connectivity index (χ1v) is 6.47. The Morgan fingerprint density at radius 2 is 1.80 bits per heavy atom. The van der Waals surface area contributed by atoms with Gasteiger partial charge in [-0.05, 0) is 35.9 Å². The van der Waals surface area contributed by atoms with Gasteiger partial charge in [0, 0.05) is 16.1 Å². The van der Waals surface area contributed by atoms with E-state index in [9.17, 15) is 9.59 Å². The number of hydrogen-bond donors (Lipinski definition) is 3. The highest BCUT2D eigenvalue weighted by atomic mass is 32.1. The van der Waals surface area contributed by atoms with Gasteiger partial charge >= 0.3 is 0 Å². The van der Waals surface area contributed by atoms with Crippen LogP contribution in [0.4, 0.5) is 5.69 Å². The third-order valence-electron chi connectivity index (χ3n) is 2.73. The Labute approximate surface area is 122 Å². The van der Waals surface area contributed by atoms with Gasteiger partial charge in [-0.25, -0.2) is 0 Å². The van der Waals surface area contributed by atoms with E-state index in [0.717, 1.165) is 10.5 Å². The number of nitrogens with two attached hydrogens (primary N) is 1. The summed E-state index contributed by atoms with van der Waals surface area (Å²) in [5, 5.41) is 2.73. The second-order valence-electron chi connectivity index (χ2n) is 4.34. The van der Waals surface area contributed by atoms with Crippen LogP contribution >= 0.6 is 12.6 Å². The summed E-state index contributed by atoms with van der Waals surface area (Å²) >= 11 is 4.19. The number of hydrogen-bond acceptors (Lipinski definition) is 3. The van der Waals surface area contributed by atoms with Crippen LogP contribution in [-0.4, -0.2) is 11.8 Å². The quantitative estimate of drug-likeness (QED) is 0.754. The summed E-state index contributed by atoms with van der Waals surface area (Å²) < 4.78 is 0. The monoisotopic (exact) mass is 286 g/mol. The number of rotatable bonds is 4. The van der Waals surface area contributed by atoms with E-state index in [1.807, 2.05) is 24.3 Å². The Morgan fingerprint density at radius 3 is 2.45 bits per heavy atom. The van der Waals surface area contributed by atoms with E-state index in [0.29, 0.717) is 11.3 Å². The molecule has 0 radical (unpaired) electrons. The number of primary amides is 1. The minimum absolute atomic E-state index is 0.154. The lowest BCUT2D eigenvalue weighted by molar-refractivity contribution is -0.115. The van der Waals surface area contributed by atoms with Crippen molar-refractivity contribution < 1.29 is 9.59 Å². The Bertz CT molecular complexity index is 639. The van der Waals surface area contributed by atoms with Crippen LogP contribution in [-0.2, 0) is 11.2 Å². The topological polar surface area (TPSA) is 72.2 Å². The molecule has 0 bridgehead atoms. The van der Waals surface area contributed by atoms with E-state index in [1.165, 1.54) is 0 Å². The fourth-order valence-corrected chi connectivity index (χ4v) is 1.90. The minimum Gasteiger partial charge on any atom is -0.366 e. The van der Waals surface area contributed by atoms with E-state index >= 15 is 0 Å². The molecule has 2 rings (SSSR count). The number of thiol groups is 1. The van der Waals surface area contributed by atoms with Gasteiger partial charge in [-0.1, -0.05) is 18.2 Å². The maximum absolute atomic E-state index is 11.9. The summed E-state index contributed by atoms with van der Waals surface area (Å²) in [6, 6.07) is 13.9. The molecule has 0 heterocycles. The van der Waals surface area contributed by atoms with Crippen molar-refractivity contribution in [3.8, 4) is 0 Å². The second kappa shape index (κ2) is 6.25. The van der Waals surface area contributed by atoms with E-state index < -0.39 is 5.91 Å². The van der Waals surface area contributed by atoms with Crippen LogP contribution in [0.3, 0.4) is 0 Å². The summed E-state index contributed by atoms with van der Waals surface area (Å²) in [6.07, 6.45) is 0.259. The fourth-order valence-electron chi connectivity index (χ4n) is 1.75. The smallest absolute Gasteiger partial charge is 0.248 e. The number of anilines is 1. The predicted octanol–water partition coefficient (Wildman–Crippen LogP) is 2.26. The minimum atomic E-state index is -0.523. The van der Waals surface area contributed by atoms with Crippen LogP contribution in [0.5, 0.6) is 0 Å². The van der Waals surface area contributed by atoms with Crippen molar-refractivity contribution in [2.75, 3.05) is 5.32 Å². The van der Waals surface area contributed by atoms with Crippen LogP contribution in [0, 0.1) is 0 Å². The molecule has 0 spiro atoms. The largest absolute Gasteiger partial charge is 0.366 e. The lowest BCUT2D eigenvalue weighted by atomic mass is 10.1. The SMILES string of the molecule is NC(=O)c1cccc(NC(=O)Cc2ccc(S)cc2)c1. The lowest BCUT2D eigenvalue weighted by Gasteiger charge is -2.06. The zero-order chi connectivity index (χ0) is 14.5. The van der Waals surface area contributed by atoms with Crippen LogP contribution in [0.25, 0.3) is 0 Å². The van der Waals surface area contributed by atoms with Crippen molar-refractivity contribution in [1.29, 1.82) is 0 Å². The average Bonchev–Trinajstić information content (AvgIpc) is 2.41. The summed E-state index contributed by atoms with van der Waals surface area (Å²) in [7, 11) is 0. The summed E-state index contributed by atoms with van der Waals surface area (Å²) in [5.41, 5.74) is 7.00. The second-order valence-corrected chi connectivity index (χ2v) is 4.85. The molecule has 0 saturated carbocycles. The average molecular weight is 286 g/mol. The van der Waals surface area contributed by atoms with Crippen molar-refractivity contribution in [3.05, 3.63) is 59.7 Å². The molecule has 2 amide bonds. The highest BCUT2D eigenvalue weighted by Crippen LogP contribution is 2.12. The summed E-state index contributed by atoms with van der Waals surface area (Å²) in [4.78, 5) is 23.8. The van der Waals surface area contributed by atoms with Gasteiger partial charge in [0.2, 0.25) is 11.8 Å². The van der Waals surface area contributed by atoms with Crippen molar-refractivity contribution in [2.24, 2.45) is 5.73 Å². The first kappa shape index (κ1) is 14.1. The van der Waals surface area contributed by atoms with Gasteiger partial charge in [0.05, 0.1) is 6.42 Å². The molecule has 4 nitrogen and oxygen atoms in total. The normalized spacial score (nSPS) is 10.1. The maximum Gasteiger partial charge on any atom is 0.248 e. The van der Waals surface area contributed by atoms with E-state index in [4.69, 9.17) is 5.73 Å². The molecular formula is C15H14N2O2S. The lowest BCUT2D eigenvalue weighted by Crippen LogP contribution is -2.16. The van der Waals surface area contributed by atoms with Gasteiger partial charge < -0.3 is 11.1 Å². The highest BCUT2D eigenvalue weighted by molar-refractivity contribution is 7.80. The van der Waals surface area contributed by atoms with Crippen LogP contribution in [0.2, 0.25) is 0 Å². The van der Waals surface area contributed by atoms with E-state index in [1.54, 1.807) is 24.3 Å². The Hall–Kier alpha value is -2.27. The number of carbonyl (C=O) groups excluding carboxylic acids is 2. The third kappa shape index (κ3) is 3.86. The number of carbonyl (C=O) groups is 2. The van der Waals surface area contributed by atoms with Crippen molar-refractivity contribution >= 4 is 30.1 Å². The third-order valence-corrected chi connectivity index (χ3v) is 3.03. The summed E-state index contributed by atoms with van der Waals surface area (Å²) in [6.45, 7) is 0. The van der Waals surface area contributed by atoms with Gasteiger partial charge in [0.1, 0.15) is 0 Å². The molecule has 0 aliphatic carbocycles. The van der Waals surface area contributed by atoms with Crippen LogP contribution < -0.4 is 11.1 Å². The molecule has 0 unspecified atom stereocenters. The first-order valence-electron chi connectivity index (χ1n) is 6.02. The van der Waals surface area contributed by atoms with Gasteiger partial charge in [0.25, 0.3) is 0 Å². The molecule has 3 N–H and O–H groups in total. The standard InChI is InChI=1S/C15H14N2O2S/c16-15(19)11-2-1-3-12(9-11)17-14(18)8-10-4-6-13(20)7-5-10/h1-7,9,20H,8H2,(H2,16,19)(H,17,18). The predicted molar refractivity (Wildman–Crippen MR) is 81.0 cm³/mol. The summed E-state index contributed by atoms with van der Waals surface area (Å²) in [5.74, 6) is -0.677. The Balaban J connectivity index is 2.02. The highest BCUT2D eigenvalue weighted by Gasteiger charge is 2.06. The zero-order valence-corrected chi connectivity index (χ0v) is 11.6. The molecule has 0 aliphatic rings. The van der Waals surface area contributed by atoms with Gasteiger partial charge in [-0.2, -0.15) is 0 Å². The number of amides is 2. The molecule has 0 fully saturated rings. The fraction of sp³-hybridized carbons (Fsp3) is 0.0667. The maximum atomic E-state index is 11.9. The molecule has 0 aliphatic heterocycles.